The van der Waals surface area contributed by atoms with E-state index in [1.165, 1.54) is 10.6 Å². The van der Waals surface area contributed by atoms with Crippen molar-refractivity contribution in [3.05, 3.63) is 52.5 Å². The zero-order valence-electron chi connectivity index (χ0n) is 16.4. The van der Waals surface area contributed by atoms with Crippen LogP contribution in [0.4, 0.5) is 5.69 Å². The molecule has 1 unspecified atom stereocenters. The first-order valence-corrected chi connectivity index (χ1v) is 10.6. The fourth-order valence-corrected chi connectivity index (χ4v) is 4.49. The van der Waals surface area contributed by atoms with E-state index in [0.717, 1.165) is 50.7 Å². The van der Waals surface area contributed by atoms with Crippen LogP contribution in [-0.4, -0.2) is 58.4 Å². The van der Waals surface area contributed by atoms with Crippen LogP contribution in [0.5, 0.6) is 5.75 Å². The summed E-state index contributed by atoms with van der Waals surface area (Å²) in [6.45, 7) is 6.93. The molecule has 3 heterocycles. The molecule has 8 heteroatoms. The average molecular weight is 399 g/mol. The number of anilines is 1. The Morgan fingerprint density at radius 2 is 1.89 bits per heavy atom. The van der Waals surface area contributed by atoms with Gasteiger partial charge in [-0.15, -0.1) is 16.4 Å². The van der Waals surface area contributed by atoms with Crippen LogP contribution in [0.1, 0.15) is 30.1 Å². The van der Waals surface area contributed by atoms with Crippen molar-refractivity contribution in [3.8, 4) is 5.75 Å². The van der Waals surface area contributed by atoms with Crippen LogP contribution in [0, 0.1) is 0 Å². The molecule has 0 N–H and O–H groups in total. The Morgan fingerprint density at radius 1 is 1.11 bits per heavy atom. The second-order valence-corrected chi connectivity index (χ2v) is 7.95. The highest BCUT2D eigenvalue weighted by Crippen LogP contribution is 2.26. The highest BCUT2D eigenvalue weighted by atomic mass is 32.1. The van der Waals surface area contributed by atoms with Gasteiger partial charge in [0.05, 0.1) is 19.7 Å². The standard InChI is InChI=1S/C20H26N6OS/c1-3-19(20-21-22-23-26(20)15-18-5-4-14-28-18)25-12-10-24(11-13-25)16-6-8-17(27-2)9-7-16/h4-9,14,19H,3,10-13,15H2,1-2H3. The summed E-state index contributed by atoms with van der Waals surface area (Å²) in [5.74, 6) is 1.86. The van der Waals surface area contributed by atoms with Gasteiger partial charge in [-0.2, -0.15) is 0 Å². The first kappa shape index (κ1) is 18.9. The molecule has 1 atom stereocenters. The minimum absolute atomic E-state index is 0.243. The summed E-state index contributed by atoms with van der Waals surface area (Å²) in [5, 5.41) is 14.7. The average Bonchev–Trinajstić information content (AvgIpc) is 3.42. The summed E-state index contributed by atoms with van der Waals surface area (Å²) in [6, 6.07) is 12.8. The molecule has 2 aromatic heterocycles. The third-order valence-electron chi connectivity index (χ3n) is 5.32. The number of benzene rings is 1. The maximum absolute atomic E-state index is 5.26. The molecule has 1 saturated heterocycles. The molecule has 148 valence electrons. The third-order valence-corrected chi connectivity index (χ3v) is 6.18. The van der Waals surface area contributed by atoms with E-state index in [1.807, 2.05) is 16.8 Å². The molecule has 1 aliphatic heterocycles. The summed E-state index contributed by atoms with van der Waals surface area (Å²) < 4.78 is 7.22. The fourth-order valence-electron chi connectivity index (χ4n) is 3.80. The Morgan fingerprint density at radius 3 is 2.54 bits per heavy atom. The van der Waals surface area contributed by atoms with Crippen molar-refractivity contribution in [2.75, 3.05) is 38.2 Å². The van der Waals surface area contributed by atoms with Gasteiger partial charge in [-0.1, -0.05) is 13.0 Å². The number of ether oxygens (including phenoxy) is 1. The number of aromatic nitrogens is 4. The SMILES string of the molecule is CCC(c1nnnn1Cc1cccs1)N1CCN(c2ccc(OC)cc2)CC1. The Bertz CT molecular complexity index is 855. The highest BCUT2D eigenvalue weighted by molar-refractivity contribution is 7.09. The molecule has 28 heavy (non-hydrogen) atoms. The lowest BCUT2D eigenvalue weighted by Gasteiger charge is -2.39. The van der Waals surface area contributed by atoms with Crippen LogP contribution in [0.15, 0.2) is 41.8 Å². The number of piperazine rings is 1. The third kappa shape index (κ3) is 4.02. The zero-order chi connectivity index (χ0) is 19.3. The maximum atomic E-state index is 5.26. The summed E-state index contributed by atoms with van der Waals surface area (Å²) >= 11 is 1.74. The number of tetrazole rings is 1. The molecule has 0 radical (unpaired) electrons. The van der Waals surface area contributed by atoms with Crippen molar-refractivity contribution < 1.29 is 4.74 Å². The van der Waals surface area contributed by atoms with Crippen LogP contribution in [0.25, 0.3) is 0 Å². The lowest BCUT2D eigenvalue weighted by molar-refractivity contribution is 0.169. The fraction of sp³-hybridized carbons (Fsp3) is 0.450. The Kier molecular flexibility index (Phi) is 5.87. The molecule has 0 aliphatic carbocycles. The number of hydrogen-bond acceptors (Lipinski definition) is 7. The van der Waals surface area contributed by atoms with E-state index in [-0.39, 0.29) is 6.04 Å². The second kappa shape index (κ2) is 8.70. The summed E-state index contributed by atoms with van der Waals surface area (Å²) in [6.07, 6.45) is 0.993. The highest BCUT2D eigenvalue weighted by Gasteiger charge is 2.28. The van der Waals surface area contributed by atoms with Gasteiger partial charge in [-0.05, 0) is 52.6 Å². The van der Waals surface area contributed by atoms with Crippen molar-refractivity contribution in [1.82, 2.24) is 25.1 Å². The molecule has 0 spiro atoms. The Labute approximate surface area is 169 Å². The van der Waals surface area contributed by atoms with Crippen LogP contribution in [-0.2, 0) is 6.54 Å². The number of rotatable bonds is 7. The second-order valence-electron chi connectivity index (χ2n) is 6.92. The van der Waals surface area contributed by atoms with E-state index in [1.54, 1.807) is 18.4 Å². The minimum Gasteiger partial charge on any atom is -0.497 e. The molecule has 0 saturated carbocycles. The lowest BCUT2D eigenvalue weighted by atomic mass is 10.1. The minimum atomic E-state index is 0.243. The molecule has 1 aliphatic rings. The topological polar surface area (TPSA) is 59.3 Å². The van der Waals surface area contributed by atoms with E-state index in [0.29, 0.717) is 0 Å². The van der Waals surface area contributed by atoms with E-state index in [9.17, 15) is 0 Å². The van der Waals surface area contributed by atoms with Gasteiger partial charge in [0.15, 0.2) is 5.82 Å². The molecule has 1 aromatic carbocycles. The van der Waals surface area contributed by atoms with Crippen molar-refractivity contribution in [2.45, 2.75) is 25.9 Å². The van der Waals surface area contributed by atoms with Crippen LogP contribution in [0.2, 0.25) is 0 Å². The summed E-state index contributed by atoms with van der Waals surface area (Å²) in [7, 11) is 1.70. The van der Waals surface area contributed by atoms with Gasteiger partial charge < -0.3 is 9.64 Å². The molecule has 0 amide bonds. The number of methoxy groups -OCH3 is 1. The largest absolute Gasteiger partial charge is 0.497 e. The monoisotopic (exact) mass is 398 g/mol. The van der Waals surface area contributed by atoms with Gasteiger partial charge in [0.25, 0.3) is 0 Å². The van der Waals surface area contributed by atoms with E-state index in [4.69, 9.17) is 4.74 Å². The van der Waals surface area contributed by atoms with Crippen molar-refractivity contribution in [3.63, 3.8) is 0 Å². The van der Waals surface area contributed by atoms with E-state index in [2.05, 4.69) is 61.9 Å². The van der Waals surface area contributed by atoms with Gasteiger partial charge in [-0.3, -0.25) is 4.90 Å². The first-order chi connectivity index (χ1) is 13.8. The predicted molar refractivity (Wildman–Crippen MR) is 111 cm³/mol. The van der Waals surface area contributed by atoms with Crippen LogP contribution < -0.4 is 9.64 Å². The summed E-state index contributed by atoms with van der Waals surface area (Å²) in [5.41, 5.74) is 1.25. The molecule has 1 fully saturated rings. The quantitative estimate of drug-likeness (QED) is 0.610. The zero-order valence-corrected chi connectivity index (χ0v) is 17.2. The summed E-state index contributed by atoms with van der Waals surface area (Å²) in [4.78, 5) is 6.21. The molecule has 7 nitrogen and oxygen atoms in total. The van der Waals surface area contributed by atoms with Crippen LogP contribution in [0.3, 0.4) is 0 Å². The molecular weight excluding hydrogens is 372 g/mol. The van der Waals surface area contributed by atoms with Gasteiger partial charge in [0.1, 0.15) is 5.75 Å². The van der Waals surface area contributed by atoms with Gasteiger partial charge >= 0.3 is 0 Å². The maximum Gasteiger partial charge on any atom is 0.168 e. The van der Waals surface area contributed by atoms with E-state index < -0.39 is 0 Å². The number of nitrogens with zero attached hydrogens (tertiary/aromatic N) is 6. The van der Waals surface area contributed by atoms with Gasteiger partial charge in [0, 0.05) is 36.7 Å². The normalized spacial score (nSPS) is 16.3. The van der Waals surface area contributed by atoms with Crippen molar-refractivity contribution in [2.24, 2.45) is 0 Å². The molecule has 3 aromatic rings. The first-order valence-electron chi connectivity index (χ1n) is 9.70. The van der Waals surface area contributed by atoms with Crippen LogP contribution >= 0.6 is 11.3 Å². The van der Waals surface area contributed by atoms with Crippen molar-refractivity contribution >= 4 is 17.0 Å². The Balaban J connectivity index is 1.42. The predicted octanol–water partition coefficient (Wildman–Crippen LogP) is 3.06. The molecular formula is C20H26N6OS. The number of hydrogen-bond donors (Lipinski definition) is 0. The smallest absolute Gasteiger partial charge is 0.168 e. The van der Waals surface area contributed by atoms with Gasteiger partial charge in [-0.25, -0.2) is 4.68 Å². The van der Waals surface area contributed by atoms with E-state index >= 15 is 0 Å². The number of thiophene rings is 1. The van der Waals surface area contributed by atoms with Crippen molar-refractivity contribution in [1.29, 1.82) is 0 Å². The molecule has 4 rings (SSSR count). The lowest BCUT2D eigenvalue weighted by Crippen LogP contribution is -2.48. The Hall–Kier alpha value is -2.45. The van der Waals surface area contributed by atoms with Gasteiger partial charge in [0.2, 0.25) is 0 Å². The molecule has 0 bridgehead atoms.